The molecular weight excluding hydrogens is 304 g/mol. The largest absolute Gasteiger partial charge is 0.512 e. The molecule has 1 nitrogen and oxygen atoms in total. The molecule has 2 aliphatic carbocycles. The van der Waals surface area contributed by atoms with Crippen LogP contribution in [0.25, 0.3) is 11.1 Å². The summed E-state index contributed by atoms with van der Waals surface area (Å²) in [6.07, 6.45) is 3.36. The molecule has 3 atom stereocenters. The maximum atomic E-state index is 11.0. The van der Waals surface area contributed by atoms with Crippen LogP contribution >= 0.6 is 0 Å². The molecule has 0 aromatic heterocycles. The molecule has 1 heteroatoms. The van der Waals surface area contributed by atoms with Crippen LogP contribution in [0.2, 0.25) is 0 Å². The van der Waals surface area contributed by atoms with Crippen LogP contribution in [0.5, 0.6) is 0 Å². The van der Waals surface area contributed by atoms with Crippen molar-refractivity contribution in [1.29, 1.82) is 0 Å². The quantitative estimate of drug-likeness (QED) is 0.661. The molecule has 2 aliphatic rings. The number of hydrogen-bond donors (Lipinski definition) is 1. The lowest BCUT2D eigenvalue weighted by Gasteiger charge is -2.33. The Balaban J connectivity index is 1.63. The van der Waals surface area contributed by atoms with Crippen LogP contribution in [0.4, 0.5) is 0 Å². The van der Waals surface area contributed by atoms with Crippen molar-refractivity contribution >= 4 is 0 Å². The fourth-order valence-electron chi connectivity index (χ4n) is 4.88. The minimum atomic E-state index is 0.00607. The average Bonchev–Trinajstić information content (AvgIpc) is 3.38. The van der Waals surface area contributed by atoms with Crippen molar-refractivity contribution in [2.45, 2.75) is 46.0 Å². The van der Waals surface area contributed by atoms with Crippen molar-refractivity contribution in [3.63, 3.8) is 0 Å². The van der Waals surface area contributed by atoms with Crippen LogP contribution in [0.1, 0.15) is 51.5 Å². The van der Waals surface area contributed by atoms with Gasteiger partial charge in [-0.05, 0) is 59.3 Å². The van der Waals surface area contributed by atoms with Gasteiger partial charge in [0, 0.05) is 5.41 Å². The lowest BCUT2D eigenvalue weighted by atomic mass is 9.73. The fourth-order valence-corrected chi connectivity index (χ4v) is 4.88. The van der Waals surface area contributed by atoms with Crippen molar-refractivity contribution < 1.29 is 5.11 Å². The summed E-state index contributed by atoms with van der Waals surface area (Å²) in [4.78, 5) is 0. The van der Waals surface area contributed by atoms with Crippen molar-refractivity contribution in [2.75, 3.05) is 0 Å². The molecule has 2 aromatic rings. The lowest BCUT2D eigenvalue weighted by molar-refractivity contribution is 0.204. The van der Waals surface area contributed by atoms with Gasteiger partial charge in [0.05, 0.1) is 5.76 Å². The molecular formula is C24H28O. The summed E-state index contributed by atoms with van der Waals surface area (Å²) in [5.41, 5.74) is 5.20. The Morgan fingerprint density at radius 3 is 2.24 bits per heavy atom. The van der Waals surface area contributed by atoms with Crippen molar-refractivity contribution in [2.24, 2.45) is 17.3 Å². The van der Waals surface area contributed by atoms with Crippen LogP contribution in [-0.4, -0.2) is 5.11 Å². The van der Waals surface area contributed by atoms with E-state index in [1.54, 1.807) is 0 Å². The molecule has 0 heterocycles. The first kappa shape index (κ1) is 16.4. The van der Waals surface area contributed by atoms with E-state index < -0.39 is 0 Å². The number of rotatable bonds is 3. The van der Waals surface area contributed by atoms with Gasteiger partial charge in [0.15, 0.2) is 0 Å². The zero-order valence-electron chi connectivity index (χ0n) is 15.5. The van der Waals surface area contributed by atoms with Crippen molar-refractivity contribution in [3.8, 4) is 11.1 Å². The first-order chi connectivity index (χ1) is 12.0. The summed E-state index contributed by atoms with van der Waals surface area (Å²) in [5, 5.41) is 11.0. The predicted molar refractivity (Wildman–Crippen MR) is 105 cm³/mol. The predicted octanol–water partition coefficient (Wildman–Crippen LogP) is 6.73. The third-order valence-corrected chi connectivity index (χ3v) is 6.59. The molecule has 1 saturated carbocycles. The van der Waals surface area contributed by atoms with Gasteiger partial charge in [0.2, 0.25) is 0 Å². The molecule has 130 valence electrons. The fraction of sp³-hybridized carbons (Fsp3) is 0.417. The highest BCUT2D eigenvalue weighted by molar-refractivity contribution is 5.63. The molecule has 1 spiro atoms. The minimum Gasteiger partial charge on any atom is -0.512 e. The number of hydrogen-bond acceptors (Lipinski definition) is 1. The molecule has 0 unspecified atom stereocenters. The van der Waals surface area contributed by atoms with Gasteiger partial charge in [-0.25, -0.2) is 0 Å². The standard InChI is InChI=1S/C24H28O/c1-16(2)21-14-9-17(3)24(23(21)25)15-22(24)20-12-10-19(11-13-20)18-7-5-4-6-8-18/h4-8,10-13,16-17,22,25H,9,14-15H2,1-3H3/t17-,22-,24+/m0/s1. The maximum Gasteiger partial charge on any atom is 0.0987 e. The summed E-state index contributed by atoms with van der Waals surface area (Å²) in [6, 6.07) is 19.5. The smallest absolute Gasteiger partial charge is 0.0987 e. The second kappa shape index (κ2) is 6.05. The highest BCUT2D eigenvalue weighted by Crippen LogP contribution is 2.70. The van der Waals surface area contributed by atoms with Gasteiger partial charge in [-0.1, -0.05) is 75.4 Å². The zero-order chi connectivity index (χ0) is 17.6. The van der Waals surface area contributed by atoms with Gasteiger partial charge in [-0.15, -0.1) is 0 Å². The topological polar surface area (TPSA) is 20.2 Å². The second-order valence-electron chi connectivity index (χ2n) is 8.25. The third kappa shape index (κ3) is 2.61. The molecule has 1 N–H and O–H groups in total. The summed E-state index contributed by atoms with van der Waals surface area (Å²) in [7, 11) is 0. The van der Waals surface area contributed by atoms with E-state index in [1.807, 2.05) is 0 Å². The Bertz CT molecular complexity index is 785. The van der Waals surface area contributed by atoms with Gasteiger partial charge in [-0.2, -0.15) is 0 Å². The van der Waals surface area contributed by atoms with Gasteiger partial charge in [0.1, 0.15) is 0 Å². The highest BCUT2D eigenvalue weighted by Gasteiger charge is 2.62. The van der Waals surface area contributed by atoms with E-state index in [1.165, 1.54) is 28.7 Å². The Kier molecular flexibility index (Phi) is 3.98. The van der Waals surface area contributed by atoms with Gasteiger partial charge in [0.25, 0.3) is 0 Å². The van der Waals surface area contributed by atoms with E-state index >= 15 is 0 Å². The molecule has 0 bridgehead atoms. The summed E-state index contributed by atoms with van der Waals surface area (Å²) >= 11 is 0. The highest BCUT2D eigenvalue weighted by atomic mass is 16.3. The van der Waals surface area contributed by atoms with Crippen LogP contribution in [0.3, 0.4) is 0 Å². The molecule has 0 saturated heterocycles. The van der Waals surface area contributed by atoms with Crippen molar-refractivity contribution in [3.05, 3.63) is 71.5 Å². The number of aliphatic hydroxyl groups excluding tert-OH is 1. The molecule has 0 amide bonds. The zero-order valence-corrected chi connectivity index (χ0v) is 15.5. The Morgan fingerprint density at radius 1 is 0.960 bits per heavy atom. The average molecular weight is 332 g/mol. The third-order valence-electron chi connectivity index (χ3n) is 6.59. The summed E-state index contributed by atoms with van der Waals surface area (Å²) in [6.45, 7) is 6.74. The Morgan fingerprint density at radius 2 is 1.60 bits per heavy atom. The van der Waals surface area contributed by atoms with E-state index in [0.29, 0.717) is 17.8 Å². The second-order valence-corrected chi connectivity index (χ2v) is 8.25. The van der Waals surface area contributed by atoms with Crippen LogP contribution in [0.15, 0.2) is 65.9 Å². The molecule has 1 fully saturated rings. The van der Waals surface area contributed by atoms with Crippen LogP contribution in [0, 0.1) is 17.3 Å². The van der Waals surface area contributed by atoms with Crippen LogP contribution in [-0.2, 0) is 0 Å². The minimum absolute atomic E-state index is 0.00607. The summed E-state index contributed by atoms with van der Waals surface area (Å²) in [5.74, 6) is 2.21. The van der Waals surface area contributed by atoms with E-state index in [9.17, 15) is 5.11 Å². The Hall–Kier alpha value is -2.02. The van der Waals surface area contributed by atoms with E-state index in [2.05, 4.69) is 75.4 Å². The van der Waals surface area contributed by atoms with E-state index in [4.69, 9.17) is 0 Å². The molecule has 4 rings (SSSR count). The lowest BCUT2D eigenvalue weighted by Crippen LogP contribution is -2.25. The van der Waals surface area contributed by atoms with Gasteiger partial charge >= 0.3 is 0 Å². The van der Waals surface area contributed by atoms with Crippen molar-refractivity contribution in [1.82, 2.24) is 0 Å². The van der Waals surface area contributed by atoms with E-state index in [0.717, 1.165) is 18.6 Å². The maximum absolute atomic E-state index is 11.0. The normalized spacial score (nSPS) is 28.6. The number of allylic oxidation sites excluding steroid dienone is 2. The molecule has 2 aromatic carbocycles. The molecule has 0 radical (unpaired) electrons. The monoisotopic (exact) mass is 332 g/mol. The summed E-state index contributed by atoms with van der Waals surface area (Å²) < 4.78 is 0. The first-order valence-electron chi connectivity index (χ1n) is 9.62. The van der Waals surface area contributed by atoms with E-state index in [-0.39, 0.29) is 5.41 Å². The molecule has 0 aliphatic heterocycles. The molecule has 25 heavy (non-hydrogen) atoms. The van der Waals surface area contributed by atoms with Crippen LogP contribution < -0.4 is 0 Å². The number of aliphatic hydroxyl groups is 1. The number of benzene rings is 2. The Labute approximate surface area is 151 Å². The first-order valence-corrected chi connectivity index (χ1v) is 9.62. The van der Waals surface area contributed by atoms with Gasteiger partial charge in [-0.3, -0.25) is 0 Å². The SMILES string of the molecule is CC(C)C1=C(O)[C@]2(C[C@H]2c2ccc(-c3ccccc3)cc2)[C@@H](C)CC1. The van der Waals surface area contributed by atoms with Gasteiger partial charge < -0.3 is 5.11 Å².